The lowest BCUT2D eigenvalue weighted by atomic mass is 10.0. The van der Waals surface area contributed by atoms with E-state index < -0.39 is 5.91 Å². The Hall–Kier alpha value is -1.79. The van der Waals surface area contributed by atoms with Gasteiger partial charge in [-0.05, 0) is 19.1 Å². The molecule has 2 amide bonds. The summed E-state index contributed by atoms with van der Waals surface area (Å²) in [6, 6.07) is 6.77. The van der Waals surface area contributed by atoms with Gasteiger partial charge < -0.3 is 21.5 Å². The molecule has 0 saturated carbocycles. The van der Waals surface area contributed by atoms with Crippen molar-refractivity contribution in [3.8, 4) is 5.75 Å². The number of rotatable bonds is 7. The highest BCUT2D eigenvalue weighted by Crippen LogP contribution is 2.24. The van der Waals surface area contributed by atoms with E-state index in [1.54, 1.807) is 38.1 Å². The molecular weight excluding hydrogens is 294 g/mol. The number of ether oxygens (including phenoxy) is 1. The highest BCUT2D eigenvalue weighted by atomic mass is 35.5. The number of benzene rings is 1. The fourth-order valence-corrected chi connectivity index (χ4v) is 1.44. The number of nitrogens with two attached hydrogens (primary N) is 2. The Morgan fingerprint density at radius 3 is 2.48 bits per heavy atom. The predicted octanol–water partition coefficient (Wildman–Crippen LogP) is 1.28. The molecule has 0 bridgehead atoms. The van der Waals surface area contributed by atoms with Crippen LogP contribution in [0.5, 0.6) is 5.75 Å². The number of primary amides is 1. The van der Waals surface area contributed by atoms with Crippen molar-refractivity contribution in [3.05, 3.63) is 24.3 Å². The molecule has 7 heteroatoms. The third-order valence-electron chi connectivity index (χ3n) is 2.95. The quantitative estimate of drug-likeness (QED) is 0.704. The summed E-state index contributed by atoms with van der Waals surface area (Å²) in [6.07, 6.45) is 0.124. The topological polar surface area (TPSA) is 107 Å². The van der Waals surface area contributed by atoms with E-state index in [0.29, 0.717) is 11.4 Å². The molecule has 21 heavy (non-hydrogen) atoms. The Labute approximate surface area is 130 Å². The van der Waals surface area contributed by atoms with Gasteiger partial charge in [0.2, 0.25) is 11.8 Å². The van der Waals surface area contributed by atoms with E-state index in [2.05, 4.69) is 5.32 Å². The molecule has 0 aliphatic heterocycles. The first kappa shape index (κ1) is 19.2. The van der Waals surface area contributed by atoms with Gasteiger partial charge in [0.1, 0.15) is 5.75 Å². The first-order valence-electron chi connectivity index (χ1n) is 6.48. The molecule has 2 unspecified atom stereocenters. The summed E-state index contributed by atoms with van der Waals surface area (Å²) in [5, 5.41) is 2.77. The number of amides is 2. The molecule has 0 aromatic heterocycles. The predicted molar refractivity (Wildman–Crippen MR) is 84.4 cm³/mol. The normalized spacial score (nSPS) is 12.7. The minimum Gasteiger partial charge on any atom is -0.491 e. The van der Waals surface area contributed by atoms with Crippen LogP contribution in [0.15, 0.2) is 24.3 Å². The number of halogens is 1. The summed E-state index contributed by atoms with van der Waals surface area (Å²) >= 11 is 0. The van der Waals surface area contributed by atoms with Crippen LogP contribution in [0.4, 0.5) is 5.69 Å². The molecule has 1 rings (SSSR count). The van der Waals surface area contributed by atoms with E-state index in [1.807, 2.05) is 0 Å². The van der Waals surface area contributed by atoms with E-state index in [1.165, 1.54) is 0 Å². The lowest BCUT2D eigenvalue weighted by Gasteiger charge is -2.17. The summed E-state index contributed by atoms with van der Waals surface area (Å²) < 4.78 is 5.44. The standard InChI is InChI=1S/C14H21N3O3.ClH/c1-9(10(2)15)14(19)17-11-5-3-4-6-12(11)20-8-7-13(16)18;/h3-6,9-10H,7-8,15H2,1-2H3,(H2,16,18)(H,17,19);1H. The van der Waals surface area contributed by atoms with Crippen LogP contribution in [0.2, 0.25) is 0 Å². The molecule has 1 aromatic rings. The first-order valence-corrected chi connectivity index (χ1v) is 6.48. The number of hydrogen-bond donors (Lipinski definition) is 3. The maximum atomic E-state index is 12.0. The highest BCUT2D eigenvalue weighted by molar-refractivity contribution is 5.94. The van der Waals surface area contributed by atoms with Gasteiger partial charge in [0, 0.05) is 6.04 Å². The fourth-order valence-electron chi connectivity index (χ4n) is 1.44. The molecule has 6 nitrogen and oxygen atoms in total. The van der Waals surface area contributed by atoms with E-state index in [0.717, 1.165) is 0 Å². The van der Waals surface area contributed by atoms with Crippen LogP contribution in [-0.2, 0) is 9.59 Å². The van der Waals surface area contributed by atoms with Crippen molar-refractivity contribution in [1.82, 2.24) is 0 Å². The summed E-state index contributed by atoms with van der Waals surface area (Å²) in [7, 11) is 0. The highest BCUT2D eigenvalue weighted by Gasteiger charge is 2.18. The van der Waals surface area contributed by atoms with Crippen LogP contribution in [0, 0.1) is 5.92 Å². The molecule has 1 aromatic carbocycles. The Morgan fingerprint density at radius 1 is 1.29 bits per heavy atom. The van der Waals surface area contributed by atoms with Crippen molar-refractivity contribution in [2.75, 3.05) is 11.9 Å². The van der Waals surface area contributed by atoms with Gasteiger partial charge >= 0.3 is 0 Å². The van der Waals surface area contributed by atoms with E-state index in [9.17, 15) is 9.59 Å². The molecule has 0 aliphatic rings. The fraction of sp³-hybridized carbons (Fsp3) is 0.429. The monoisotopic (exact) mass is 315 g/mol. The van der Waals surface area contributed by atoms with Gasteiger partial charge in [-0.3, -0.25) is 9.59 Å². The largest absolute Gasteiger partial charge is 0.491 e. The third kappa shape index (κ3) is 6.46. The van der Waals surface area contributed by atoms with Crippen LogP contribution < -0.4 is 21.5 Å². The van der Waals surface area contributed by atoms with Crippen LogP contribution in [0.1, 0.15) is 20.3 Å². The Kier molecular flexibility index (Phi) is 8.42. The molecule has 0 saturated heterocycles. The number of hydrogen-bond acceptors (Lipinski definition) is 4. The number of nitrogens with one attached hydrogen (secondary N) is 1. The van der Waals surface area contributed by atoms with Gasteiger partial charge in [-0.1, -0.05) is 19.1 Å². The van der Waals surface area contributed by atoms with Gasteiger partial charge in [0.05, 0.1) is 24.6 Å². The summed E-state index contributed by atoms with van der Waals surface area (Å²) in [4.78, 5) is 22.6. The van der Waals surface area contributed by atoms with Crippen molar-refractivity contribution in [3.63, 3.8) is 0 Å². The Balaban J connectivity index is 0.00000400. The van der Waals surface area contributed by atoms with Crippen molar-refractivity contribution in [2.45, 2.75) is 26.3 Å². The van der Waals surface area contributed by atoms with Crippen LogP contribution in [0.25, 0.3) is 0 Å². The van der Waals surface area contributed by atoms with Crippen LogP contribution in [0.3, 0.4) is 0 Å². The van der Waals surface area contributed by atoms with Gasteiger partial charge in [0.25, 0.3) is 0 Å². The Bertz CT molecular complexity index is 480. The second-order valence-electron chi connectivity index (χ2n) is 4.70. The molecule has 0 fully saturated rings. The average Bonchev–Trinajstić information content (AvgIpc) is 2.39. The number of anilines is 1. The molecule has 118 valence electrons. The van der Waals surface area contributed by atoms with E-state index in [-0.39, 0.29) is 43.3 Å². The molecule has 2 atom stereocenters. The minimum absolute atomic E-state index is 0. The van der Waals surface area contributed by atoms with Gasteiger partial charge in [-0.2, -0.15) is 0 Å². The van der Waals surface area contributed by atoms with Crippen molar-refractivity contribution < 1.29 is 14.3 Å². The molecule has 0 heterocycles. The smallest absolute Gasteiger partial charge is 0.228 e. The maximum Gasteiger partial charge on any atom is 0.228 e. The third-order valence-corrected chi connectivity index (χ3v) is 2.95. The minimum atomic E-state index is -0.433. The summed E-state index contributed by atoms with van der Waals surface area (Å²) in [6.45, 7) is 3.71. The lowest BCUT2D eigenvalue weighted by molar-refractivity contribution is -0.120. The van der Waals surface area contributed by atoms with Gasteiger partial charge in [-0.25, -0.2) is 0 Å². The summed E-state index contributed by atoms with van der Waals surface area (Å²) in [5.41, 5.74) is 11.3. The van der Waals surface area contributed by atoms with Crippen LogP contribution >= 0.6 is 12.4 Å². The van der Waals surface area contributed by atoms with Gasteiger partial charge in [-0.15, -0.1) is 12.4 Å². The van der Waals surface area contributed by atoms with Gasteiger partial charge in [0.15, 0.2) is 0 Å². The SMILES string of the molecule is CC(N)C(C)C(=O)Nc1ccccc1OCCC(N)=O.Cl. The first-order chi connectivity index (χ1) is 9.41. The molecule has 0 radical (unpaired) electrons. The summed E-state index contributed by atoms with van der Waals surface area (Å²) in [5.74, 6) is -0.421. The lowest BCUT2D eigenvalue weighted by Crippen LogP contribution is -2.34. The van der Waals surface area contributed by atoms with Crippen molar-refractivity contribution in [1.29, 1.82) is 0 Å². The van der Waals surface area contributed by atoms with Crippen molar-refractivity contribution in [2.24, 2.45) is 17.4 Å². The Morgan fingerprint density at radius 2 is 1.90 bits per heavy atom. The number of carbonyl (C=O) groups is 2. The number of carbonyl (C=O) groups excluding carboxylic acids is 2. The van der Waals surface area contributed by atoms with E-state index in [4.69, 9.17) is 16.2 Å². The zero-order valence-corrected chi connectivity index (χ0v) is 13.0. The second kappa shape index (κ2) is 9.20. The molecule has 5 N–H and O–H groups in total. The zero-order valence-electron chi connectivity index (χ0n) is 12.2. The zero-order chi connectivity index (χ0) is 15.1. The maximum absolute atomic E-state index is 12.0. The number of para-hydroxylation sites is 2. The average molecular weight is 316 g/mol. The van der Waals surface area contributed by atoms with Crippen molar-refractivity contribution >= 4 is 29.9 Å². The van der Waals surface area contributed by atoms with E-state index >= 15 is 0 Å². The molecule has 0 aliphatic carbocycles. The second-order valence-corrected chi connectivity index (χ2v) is 4.70. The van der Waals surface area contributed by atoms with Crippen LogP contribution in [-0.4, -0.2) is 24.5 Å². The molecular formula is C14H22ClN3O3. The molecule has 0 spiro atoms.